The first-order valence-corrected chi connectivity index (χ1v) is 11.7. The van der Waals surface area contributed by atoms with E-state index in [0.29, 0.717) is 35.1 Å². The van der Waals surface area contributed by atoms with Crippen LogP contribution in [0, 0.1) is 16.0 Å². The number of nitrogens with one attached hydrogen (secondary N) is 2. The second-order valence-corrected chi connectivity index (χ2v) is 8.03. The number of nitrogens with zero attached hydrogens (tertiary/aromatic N) is 2. The SMILES string of the molecule is CCOc1cc(C=NNC(=O)C(C)C(=O)Nc2ccc(OC)cc2)ccc1OCc1ccc([N+](=O)[O-])cc1. The van der Waals surface area contributed by atoms with Crippen molar-refractivity contribution in [2.45, 2.75) is 20.5 Å². The van der Waals surface area contributed by atoms with Gasteiger partial charge in [-0.05, 0) is 79.6 Å². The Hall–Kier alpha value is -4.93. The monoisotopic (exact) mass is 520 g/mol. The van der Waals surface area contributed by atoms with E-state index in [0.717, 1.165) is 5.56 Å². The Morgan fingerprint density at radius 3 is 2.34 bits per heavy atom. The van der Waals surface area contributed by atoms with Crippen LogP contribution in [0.1, 0.15) is 25.0 Å². The Morgan fingerprint density at radius 2 is 1.71 bits per heavy atom. The normalized spacial score (nSPS) is 11.4. The summed E-state index contributed by atoms with van der Waals surface area (Å²) in [5.41, 5.74) is 4.31. The maximum Gasteiger partial charge on any atom is 0.269 e. The number of carbonyl (C=O) groups excluding carboxylic acids is 2. The van der Waals surface area contributed by atoms with Gasteiger partial charge in [0.25, 0.3) is 11.6 Å². The van der Waals surface area contributed by atoms with Crippen LogP contribution in [0.25, 0.3) is 0 Å². The zero-order valence-electron chi connectivity index (χ0n) is 21.2. The van der Waals surface area contributed by atoms with Gasteiger partial charge in [-0.3, -0.25) is 19.7 Å². The molecule has 38 heavy (non-hydrogen) atoms. The van der Waals surface area contributed by atoms with Gasteiger partial charge in [0.15, 0.2) is 11.5 Å². The predicted molar refractivity (Wildman–Crippen MR) is 142 cm³/mol. The fourth-order valence-corrected chi connectivity index (χ4v) is 3.18. The summed E-state index contributed by atoms with van der Waals surface area (Å²) in [5.74, 6) is -0.424. The molecular formula is C27H28N4O7. The van der Waals surface area contributed by atoms with Crippen LogP contribution in [0.2, 0.25) is 0 Å². The summed E-state index contributed by atoms with van der Waals surface area (Å²) in [7, 11) is 1.55. The van der Waals surface area contributed by atoms with E-state index in [1.54, 1.807) is 61.7 Å². The summed E-state index contributed by atoms with van der Waals surface area (Å²) < 4.78 is 16.6. The van der Waals surface area contributed by atoms with Crippen molar-refractivity contribution in [3.63, 3.8) is 0 Å². The molecule has 1 unspecified atom stereocenters. The molecule has 0 aliphatic carbocycles. The van der Waals surface area contributed by atoms with Crippen LogP contribution in [0.3, 0.4) is 0 Å². The van der Waals surface area contributed by atoms with Gasteiger partial charge < -0.3 is 19.5 Å². The van der Waals surface area contributed by atoms with Crippen LogP contribution in [0.5, 0.6) is 17.2 Å². The molecule has 0 saturated heterocycles. The topological polar surface area (TPSA) is 141 Å². The molecular weight excluding hydrogens is 492 g/mol. The summed E-state index contributed by atoms with van der Waals surface area (Å²) in [6, 6.07) is 18.0. The molecule has 0 spiro atoms. The average molecular weight is 521 g/mol. The Labute approximate surface area is 219 Å². The zero-order valence-corrected chi connectivity index (χ0v) is 21.2. The number of ether oxygens (including phenoxy) is 3. The first kappa shape index (κ1) is 27.7. The molecule has 3 aromatic rings. The molecule has 0 aromatic heterocycles. The number of nitro groups is 1. The summed E-state index contributed by atoms with van der Waals surface area (Å²) in [6.07, 6.45) is 1.43. The molecule has 0 bridgehead atoms. The Bertz CT molecular complexity index is 1290. The Balaban J connectivity index is 1.56. The van der Waals surface area contributed by atoms with Crippen molar-refractivity contribution >= 4 is 29.4 Å². The molecule has 0 radical (unpaired) electrons. The fourth-order valence-electron chi connectivity index (χ4n) is 3.18. The average Bonchev–Trinajstić information content (AvgIpc) is 2.92. The molecule has 0 fully saturated rings. The molecule has 0 saturated carbocycles. The molecule has 3 aromatic carbocycles. The molecule has 11 heteroatoms. The number of non-ortho nitro benzene ring substituents is 1. The van der Waals surface area contributed by atoms with E-state index in [2.05, 4.69) is 15.8 Å². The Kier molecular flexibility index (Phi) is 9.75. The largest absolute Gasteiger partial charge is 0.497 e. The van der Waals surface area contributed by atoms with Crippen LogP contribution in [-0.4, -0.2) is 36.7 Å². The van der Waals surface area contributed by atoms with E-state index in [9.17, 15) is 19.7 Å². The lowest BCUT2D eigenvalue weighted by Crippen LogP contribution is -2.34. The number of hydrogen-bond donors (Lipinski definition) is 2. The highest BCUT2D eigenvalue weighted by Crippen LogP contribution is 2.29. The third-order valence-corrected chi connectivity index (χ3v) is 5.34. The van der Waals surface area contributed by atoms with Gasteiger partial charge in [-0.15, -0.1) is 0 Å². The summed E-state index contributed by atoms with van der Waals surface area (Å²) in [6.45, 7) is 3.90. The van der Waals surface area contributed by atoms with E-state index >= 15 is 0 Å². The first-order valence-electron chi connectivity index (χ1n) is 11.7. The first-order chi connectivity index (χ1) is 18.3. The number of hydrazone groups is 1. The van der Waals surface area contributed by atoms with Crippen LogP contribution in [0.4, 0.5) is 11.4 Å². The number of rotatable bonds is 12. The lowest BCUT2D eigenvalue weighted by atomic mass is 10.1. The van der Waals surface area contributed by atoms with Gasteiger partial charge in [0.2, 0.25) is 5.91 Å². The molecule has 1 atom stereocenters. The highest BCUT2D eigenvalue weighted by molar-refractivity contribution is 6.06. The molecule has 11 nitrogen and oxygen atoms in total. The Morgan fingerprint density at radius 1 is 1.00 bits per heavy atom. The molecule has 3 rings (SSSR count). The quantitative estimate of drug-likeness (QED) is 0.157. The van der Waals surface area contributed by atoms with Gasteiger partial charge in [-0.25, -0.2) is 5.43 Å². The third-order valence-electron chi connectivity index (χ3n) is 5.34. The molecule has 0 aliphatic rings. The van der Waals surface area contributed by atoms with Gasteiger partial charge in [0.05, 0.1) is 24.9 Å². The van der Waals surface area contributed by atoms with Gasteiger partial charge in [0.1, 0.15) is 18.3 Å². The number of carbonyl (C=O) groups is 2. The van der Waals surface area contributed by atoms with E-state index in [-0.39, 0.29) is 12.3 Å². The van der Waals surface area contributed by atoms with E-state index < -0.39 is 22.7 Å². The fraction of sp³-hybridized carbons (Fsp3) is 0.222. The van der Waals surface area contributed by atoms with Gasteiger partial charge in [0, 0.05) is 17.8 Å². The van der Waals surface area contributed by atoms with Crippen LogP contribution >= 0.6 is 0 Å². The molecule has 0 aliphatic heterocycles. The lowest BCUT2D eigenvalue weighted by molar-refractivity contribution is -0.384. The van der Waals surface area contributed by atoms with Crippen LogP contribution < -0.4 is 25.0 Å². The highest BCUT2D eigenvalue weighted by atomic mass is 16.6. The number of methoxy groups -OCH3 is 1. The van der Waals surface area contributed by atoms with Crippen molar-refractivity contribution in [3.8, 4) is 17.2 Å². The number of anilines is 1. The number of amides is 2. The van der Waals surface area contributed by atoms with E-state index in [1.807, 2.05) is 6.92 Å². The molecule has 0 heterocycles. The standard InChI is InChI=1S/C27H28N4O7/c1-4-37-25-15-20(7-14-24(25)38-17-19-5-10-22(11-6-19)31(34)35)16-28-30-27(33)18(2)26(32)29-21-8-12-23(36-3)13-9-21/h5-16,18H,4,17H2,1-3H3,(H,29,32)(H,30,33). The van der Waals surface area contributed by atoms with Crippen molar-refractivity contribution in [3.05, 3.63) is 88.0 Å². The molecule has 2 N–H and O–H groups in total. The van der Waals surface area contributed by atoms with Crippen molar-refractivity contribution in [1.29, 1.82) is 0 Å². The van der Waals surface area contributed by atoms with Gasteiger partial charge >= 0.3 is 0 Å². The second-order valence-electron chi connectivity index (χ2n) is 8.03. The summed E-state index contributed by atoms with van der Waals surface area (Å²) in [4.78, 5) is 35.1. The molecule has 2 amide bonds. The van der Waals surface area contributed by atoms with Gasteiger partial charge in [-0.1, -0.05) is 0 Å². The van der Waals surface area contributed by atoms with E-state index in [4.69, 9.17) is 14.2 Å². The minimum Gasteiger partial charge on any atom is -0.497 e. The maximum atomic E-state index is 12.4. The third kappa shape index (κ3) is 7.79. The predicted octanol–water partition coefficient (Wildman–Crippen LogP) is 4.31. The minimum atomic E-state index is -0.983. The van der Waals surface area contributed by atoms with Crippen molar-refractivity contribution < 1.29 is 28.7 Å². The summed E-state index contributed by atoms with van der Waals surface area (Å²) >= 11 is 0. The lowest BCUT2D eigenvalue weighted by Gasteiger charge is -2.13. The number of benzene rings is 3. The zero-order chi connectivity index (χ0) is 27.5. The van der Waals surface area contributed by atoms with E-state index in [1.165, 1.54) is 25.3 Å². The number of nitro benzene ring substituents is 1. The second kappa shape index (κ2) is 13.4. The van der Waals surface area contributed by atoms with Gasteiger partial charge in [-0.2, -0.15) is 5.10 Å². The van der Waals surface area contributed by atoms with Crippen LogP contribution in [0.15, 0.2) is 71.8 Å². The highest BCUT2D eigenvalue weighted by Gasteiger charge is 2.21. The molecule has 198 valence electrons. The van der Waals surface area contributed by atoms with Crippen molar-refractivity contribution in [1.82, 2.24) is 5.43 Å². The summed E-state index contributed by atoms with van der Waals surface area (Å²) in [5, 5.41) is 17.4. The maximum absolute atomic E-state index is 12.4. The minimum absolute atomic E-state index is 0.00625. The van der Waals surface area contributed by atoms with Crippen LogP contribution in [-0.2, 0) is 16.2 Å². The van der Waals surface area contributed by atoms with Crippen molar-refractivity contribution in [2.24, 2.45) is 11.0 Å². The van der Waals surface area contributed by atoms with Crippen molar-refractivity contribution in [2.75, 3.05) is 19.0 Å². The number of hydrogen-bond acceptors (Lipinski definition) is 8. The smallest absolute Gasteiger partial charge is 0.269 e.